The molecule has 0 spiro atoms. The molecular formula is C23H43NO12. The van der Waals surface area contributed by atoms with Gasteiger partial charge in [0.05, 0.1) is 13.2 Å². The first-order valence-corrected chi connectivity index (χ1v) is 12.7. The monoisotopic (exact) mass is 525 g/mol. The molecule has 0 aromatic rings. The third kappa shape index (κ3) is 8.81. The van der Waals surface area contributed by atoms with Crippen LogP contribution >= 0.6 is 0 Å². The average Bonchev–Trinajstić information content (AvgIpc) is 2.87. The molecule has 2 aliphatic rings. The lowest BCUT2D eigenvalue weighted by Crippen LogP contribution is -2.64. The van der Waals surface area contributed by atoms with Crippen LogP contribution in [0.1, 0.15) is 51.9 Å². The summed E-state index contributed by atoms with van der Waals surface area (Å²) in [6.45, 7) is 1.59. The van der Waals surface area contributed by atoms with Gasteiger partial charge in [0.1, 0.15) is 48.8 Å². The van der Waals surface area contributed by atoms with Gasteiger partial charge >= 0.3 is 0 Å². The Kier molecular flexibility index (Phi) is 14.0. The van der Waals surface area contributed by atoms with Crippen molar-refractivity contribution >= 4 is 5.91 Å². The molecule has 36 heavy (non-hydrogen) atoms. The van der Waals surface area contributed by atoms with Gasteiger partial charge in [-0.05, 0) is 19.3 Å². The fourth-order valence-corrected chi connectivity index (χ4v) is 4.12. The van der Waals surface area contributed by atoms with Crippen LogP contribution in [0.2, 0.25) is 0 Å². The fourth-order valence-electron chi connectivity index (χ4n) is 4.12. The van der Waals surface area contributed by atoms with Crippen molar-refractivity contribution in [3.8, 4) is 0 Å². The van der Waals surface area contributed by atoms with Crippen molar-refractivity contribution in [2.24, 2.45) is 0 Å². The Labute approximate surface area is 210 Å². The van der Waals surface area contributed by atoms with E-state index in [1.807, 2.05) is 6.92 Å². The fraction of sp³-hybridized carbons (Fsp3) is 0.957. The predicted molar refractivity (Wildman–Crippen MR) is 123 cm³/mol. The molecule has 0 aromatic heterocycles. The predicted octanol–water partition coefficient (Wildman–Crippen LogP) is -2.51. The molecule has 2 saturated heterocycles. The van der Waals surface area contributed by atoms with Crippen molar-refractivity contribution < 1.29 is 59.5 Å². The van der Waals surface area contributed by atoms with Crippen LogP contribution in [-0.2, 0) is 23.7 Å². The lowest BCUT2D eigenvalue weighted by Gasteiger charge is -2.45. The van der Waals surface area contributed by atoms with Crippen LogP contribution in [0.15, 0.2) is 0 Å². The number of nitrogens with one attached hydrogen (secondary N) is 1. The molecule has 10 atom stereocenters. The van der Waals surface area contributed by atoms with Crippen LogP contribution in [0, 0.1) is 0 Å². The van der Waals surface area contributed by atoms with Gasteiger partial charge in [-0.25, -0.2) is 0 Å². The highest BCUT2D eigenvalue weighted by Gasteiger charge is 2.50. The summed E-state index contributed by atoms with van der Waals surface area (Å²) >= 11 is 0. The molecule has 0 bridgehead atoms. The summed E-state index contributed by atoms with van der Waals surface area (Å²) in [6.07, 6.45) is -9.19. The highest BCUT2D eigenvalue weighted by Crippen LogP contribution is 2.29. The van der Waals surface area contributed by atoms with Gasteiger partial charge in [-0.15, -0.1) is 0 Å². The standard InChI is InChI=1S/C23H43NO12/c1-2-3-8-15(27)24-9-6-4-5-7-10-33-22-20(32)21(17(29)14(12-26)34-22)36-23-19(31)18(30)16(28)13(11-25)35-23/h13-14,16-23,25-26,28-32H,2-12H2,1H3,(H,24,27)/t13?,14-,16-,17-,18-,19?,20?,21?,22-,23+/m0/s1. The summed E-state index contributed by atoms with van der Waals surface area (Å²) in [5.74, 6) is 0.0599. The molecular weight excluding hydrogens is 482 g/mol. The zero-order chi connectivity index (χ0) is 26.7. The average molecular weight is 526 g/mol. The zero-order valence-electron chi connectivity index (χ0n) is 20.7. The minimum absolute atomic E-state index is 0.0599. The summed E-state index contributed by atoms with van der Waals surface area (Å²) in [6, 6.07) is 0. The van der Waals surface area contributed by atoms with E-state index >= 15 is 0 Å². The molecule has 0 radical (unpaired) electrons. The van der Waals surface area contributed by atoms with Crippen molar-refractivity contribution in [3.63, 3.8) is 0 Å². The Morgan fingerprint density at radius 3 is 2.08 bits per heavy atom. The van der Waals surface area contributed by atoms with Gasteiger partial charge in [0, 0.05) is 19.6 Å². The van der Waals surface area contributed by atoms with E-state index in [9.17, 15) is 40.5 Å². The minimum atomic E-state index is -1.73. The van der Waals surface area contributed by atoms with Gasteiger partial charge in [-0.1, -0.05) is 26.2 Å². The Balaban J connectivity index is 1.80. The number of carbonyl (C=O) groups excluding carboxylic acids is 1. The number of aliphatic hydroxyl groups excluding tert-OH is 7. The molecule has 2 fully saturated rings. The maximum absolute atomic E-state index is 11.6. The van der Waals surface area contributed by atoms with Crippen molar-refractivity contribution in [1.29, 1.82) is 0 Å². The largest absolute Gasteiger partial charge is 0.394 e. The summed E-state index contributed by atoms with van der Waals surface area (Å²) < 4.78 is 21.9. The van der Waals surface area contributed by atoms with Gasteiger partial charge in [0.25, 0.3) is 0 Å². The maximum Gasteiger partial charge on any atom is 0.219 e. The second-order valence-corrected chi connectivity index (χ2v) is 9.24. The Hall–Kier alpha value is -0.970. The Morgan fingerprint density at radius 1 is 0.778 bits per heavy atom. The van der Waals surface area contributed by atoms with Crippen LogP contribution in [0.5, 0.6) is 0 Å². The number of unbranched alkanes of at least 4 members (excludes halogenated alkanes) is 4. The van der Waals surface area contributed by atoms with E-state index in [1.54, 1.807) is 0 Å². The molecule has 4 unspecified atom stereocenters. The van der Waals surface area contributed by atoms with Gasteiger partial charge in [0.15, 0.2) is 12.6 Å². The second-order valence-electron chi connectivity index (χ2n) is 9.24. The summed E-state index contributed by atoms with van der Waals surface area (Å²) in [7, 11) is 0. The number of amides is 1. The van der Waals surface area contributed by atoms with Crippen molar-refractivity contribution in [2.75, 3.05) is 26.4 Å². The molecule has 8 N–H and O–H groups in total. The lowest BCUT2D eigenvalue weighted by molar-refractivity contribution is -0.360. The number of aliphatic hydroxyl groups is 7. The van der Waals surface area contributed by atoms with Gasteiger partial charge in [0.2, 0.25) is 5.91 Å². The van der Waals surface area contributed by atoms with E-state index < -0.39 is 74.6 Å². The topological polar surface area (TPSA) is 208 Å². The maximum atomic E-state index is 11.6. The molecule has 2 aliphatic heterocycles. The highest BCUT2D eigenvalue weighted by atomic mass is 16.7. The smallest absolute Gasteiger partial charge is 0.219 e. The normalized spacial score (nSPS) is 37.1. The molecule has 2 heterocycles. The molecule has 2 rings (SSSR count). The molecule has 0 aromatic carbocycles. The first-order valence-electron chi connectivity index (χ1n) is 12.7. The van der Waals surface area contributed by atoms with Gasteiger partial charge in [-0.2, -0.15) is 0 Å². The first-order chi connectivity index (χ1) is 17.2. The van der Waals surface area contributed by atoms with Crippen molar-refractivity contribution in [1.82, 2.24) is 5.32 Å². The number of rotatable bonds is 15. The molecule has 0 aliphatic carbocycles. The number of carbonyl (C=O) groups is 1. The minimum Gasteiger partial charge on any atom is -0.394 e. The first kappa shape index (κ1) is 31.2. The van der Waals surface area contributed by atoms with E-state index in [-0.39, 0.29) is 12.5 Å². The SMILES string of the molecule is CCCCC(=O)NCCCCCCO[C@H]1O[C@@H](CO)[C@H](O)C(O[C@H]2OC(CO)[C@H](O)[C@H](O)C2O)C1O. The molecule has 1 amide bonds. The molecule has 0 saturated carbocycles. The molecule has 212 valence electrons. The summed E-state index contributed by atoms with van der Waals surface area (Å²) in [5.41, 5.74) is 0. The Bertz CT molecular complexity index is 626. The van der Waals surface area contributed by atoms with E-state index in [0.29, 0.717) is 19.4 Å². The van der Waals surface area contributed by atoms with Crippen LogP contribution in [-0.4, -0.2) is 129 Å². The van der Waals surface area contributed by atoms with E-state index in [1.165, 1.54) is 0 Å². The van der Waals surface area contributed by atoms with Crippen LogP contribution in [0.4, 0.5) is 0 Å². The molecule has 13 nitrogen and oxygen atoms in total. The van der Waals surface area contributed by atoms with Crippen molar-refractivity contribution in [3.05, 3.63) is 0 Å². The third-order valence-electron chi connectivity index (χ3n) is 6.39. The van der Waals surface area contributed by atoms with E-state index in [0.717, 1.165) is 32.1 Å². The van der Waals surface area contributed by atoms with Crippen LogP contribution in [0.25, 0.3) is 0 Å². The van der Waals surface area contributed by atoms with Gasteiger partial charge < -0.3 is 60.0 Å². The quantitative estimate of drug-likeness (QED) is 0.104. The lowest BCUT2D eigenvalue weighted by atomic mass is 9.97. The highest BCUT2D eigenvalue weighted by molar-refractivity contribution is 5.75. The van der Waals surface area contributed by atoms with Crippen LogP contribution in [0.3, 0.4) is 0 Å². The number of ether oxygens (including phenoxy) is 4. The number of hydrogen-bond acceptors (Lipinski definition) is 12. The molecule has 13 heteroatoms. The zero-order valence-corrected chi connectivity index (χ0v) is 20.7. The van der Waals surface area contributed by atoms with E-state index in [2.05, 4.69) is 5.32 Å². The van der Waals surface area contributed by atoms with E-state index in [4.69, 9.17) is 18.9 Å². The van der Waals surface area contributed by atoms with Gasteiger partial charge in [-0.3, -0.25) is 4.79 Å². The van der Waals surface area contributed by atoms with Crippen LogP contribution < -0.4 is 5.32 Å². The summed E-state index contributed by atoms with van der Waals surface area (Å²) in [4.78, 5) is 11.6. The number of hydrogen-bond donors (Lipinski definition) is 8. The second kappa shape index (κ2) is 16.1. The summed E-state index contributed by atoms with van der Waals surface area (Å²) in [5, 5.41) is 73.1. The third-order valence-corrected chi connectivity index (χ3v) is 6.39. The Morgan fingerprint density at radius 2 is 1.42 bits per heavy atom. The van der Waals surface area contributed by atoms with Crippen molar-refractivity contribution in [2.45, 2.75) is 113 Å².